The van der Waals surface area contributed by atoms with Crippen molar-refractivity contribution in [3.05, 3.63) is 36.5 Å². The highest BCUT2D eigenvalue weighted by molar-refractivity contribution is 7.89. The summed E-state index contributed by atoms with van der Waals surface area (Å²) < 4.78 is 30.5. The molecule has 4 nitrogen and oxygen atoms in total. The fourth-order valence-electron chi connectivity index (χ4n) is 1.55. The standard InChI is InChI=1S/C11H13NO3S/c1-15-10-4-6-11(7-5-10)16(13,14)12-8-2-3-9-12/h2,4-8H,3,9H2,1H3. The third-order valence-electron chi connectivity index (χ3n) is 2.45. The molecular weight excluding hydrogens is 226 g/mol. The van der Waals surface area contributed by atoms with Gasteiger partial charge in [0.15, 0.2) is 0 Å². The lowest BCUT2D eigenvalue weighted by Crippen LogP contribution is -2.23. The second-order valence-corrected chi connectivity index (χ2v) is 5.36. The van der Waals surface area contributed by atoms with Crippen molar-refractivity contribution >= 4 is 10.0 Å². The van der Waals surface area contributed by atoms with E-state index in [1.54, 1.807) is 37.6 Å². The van der Waals surface area contributed by atoms with Crippen molar-refractivity contribution in [2.75, 3.05) is 13.7 Å². The van der Waals surface area contributed by atoms with Crippen LogP contribution in [0.25, 0.3) is 0 Å². The van der Waals surface area contributed by atoms with Crippen LogP contribution in [0.15, 0.2) is 41.4 Å². The van der Waals surface area contributed by atoms with E-state index in [2.05, 4.69) is 0 Å². The van der Waals surface area contributed by atoms with E-state index in [4.69, 9.17) is 4.74 Å². The van der Waals surface area contributed by atoms with E-state index in [9.17, 15) is 8.42 Å². The maximum atomic E-state index is 12.1. The minimum absolute atomic E-state index is 0.292. The van der Waals surface area contributed by atoms with E-state index >= 15 is 0 Å². The molecule has 0 fully saturated rings. The van der Waals surface area contributed by atoms with Gasteiger partial charge in [-0.2, -0.15) is 0 Å². The Balaban J connectivity index is 2.32. The molecule has 16 heavy (non-hydrogen) atoms. The molecular formula is C11H13NO3S. The van der Waals surface area contributed by atoms with Gasteiger partial charge in [0, 0.05) is 12.7 Å². The Bertz CT molecular complexity index is 490. The van der Waals surface area contributed by atoms with E-state index in [1.807, 2.05) is 6.08 Å². The van der Waals surface area contributed by atoms with Gasteiger partial charge in [0.1, 0.15) is 5.75 Å². The fraction of sp³-hybridized carbons (Fsp3) is 0.273. The SMILES string of the molecule is COc1ccc(S(=O)(=O)N2C=CCC2)cc1. The lowest BCUT2D eigenvalue weighted by Gasteiger charge is -2.15. The molecule has 0 aliphatic carbocycles. The van der Waals surface area contributed by atoms with Crippen LogP contribution in [0.1, 0.15) is 6.42 Å². The second-order valence-electron chi connectivity index (χ2n) is 3.46. The molecule has 86 valence electrons. The number of nitrogens with zero attached hydrogens (tertiary/aromatic N) is 1. The zero-order chi connectivity index (χ0) is 11.6. The van der Waals surface area contributed by atoms with Crippen molar-refractivity contribution in [1.82, 2.24) is 4.31 Å². The monoisotopic (exact) mass is 239 g/mol. The molecule has 0 amide bonds. The number of hydrogen-bond acceptors (Lipinski definition) is 3. The third-order valence-corrected chi connectivity index (χ3v) is 4.24. The van der Waals surface area contributed by atoms with Crippen LogP contribution < -0.4 is 4.74 Å². The van der Waals surface area contributed by atoms with Gasteiger partial charge in [0.05, 0.1) is 12.0 Å². The lowest BCUT2D eigenvalue weighted by atomic mass is 10.3. The van der Waals surface area contributed by atoms with Gasteiger partial charge in [0.2, 0.25) is 0 Å². The van der Waals surface area contributed by atoms with Gasteiger partial charge in [-0.25, -0.2) is 8.42 Å². The minimum atomic E-state index is -3.37. The van der Waals surface area contributed by atoms with Crippen molar-refractivity contribution < 1.29 is 13.2 Å². The molecule has 0 N–H and O–H groups in total. The summed E-state index contributed by atoms with van der Waals surface area (Å²) in [5, 5.41) is 0. The Hall–Kier alpha value is -1.49. The van der Waals surface area contributed by atoms with E-state index in [0.29, 0.717) is 17.2 Å². The van der Waals surface area contributed by atoms with Gasteiger partial charge in [-0.1, -0.05) is 6.08 Å². The molecule has 0 saturated carbocycles. The Morgan fingerprint density at radius 1 is 1.25 bits per heavy atom. The molecule has 0 atom stereocenters. The maximum absolute atomic E-state index is 12.1. The van der Waals surface area contributed by atoms with E-state index in [0.717, 1.165) is 6.42 Å². The summed E-state index contributed by atoms with van der Waals surface area (Å²) in [7, 11) is -1.82. The average Bonchev–Trinajstić information content (AvgIpc) is 2.83. The van der Waals surface area contributed by atoms with Crippen molar-refractivity contribution in [1.29, 1.82) is 0 Å². The molecule has 1 aromatic rings. The van der Waals surface area contributed by atoms with Crippen LogP contribution in [-0.4, -0.2) is 26.4 Å². The number of methoxy groups -OCH3 is 1. The Labute approximate surface area is 95.2 Å². The number of hydrogen-bond donors (Lipinski definition) is 0. The Morgan fingerprint density at radius 3 is 2.44 bits per heavy atom. The van der Waals surface area contributed by atoms with Crippen molar-refractivity contribution in [3.63, 3.8) is 0 Å². The number of sulfonamides is 1. The van der Waals surface area contributed by atoms with Crippen LogP contribution in [0.4, 0.5) is 0 Å². The highest BCUT2D eigenvalue weighted by Crippen LogP contribution is 2.21. The quantitative estimate of drug-likeness (QED) is 0.805. The van der Waals surface area contributed by atoms with Gasteiger partial charge in [0.25, 0.3) is 10.0 Å². The molecule has 0 radical (unpaired) electrons. The maximum Gasteiger partial charge on any atom is 0.263 e. The third kappa shape index (κ3) is 1.90. The van der Waals surface area contributed by atoms with E-state index < -0.39 is 10.0 Å². The molecule has 5 heteroatoms. The van der Waals surface area contributed by atoms with Crippen molar-refractivity contribution in [3.8, 4) is 5.75 Å². The van der Waals surface area contributed by atoms with Gasteiger partial charge >= 0.3 is 0 Å². The van der Waals surface area contributed by atoms with Crippen LogP contribution in [-0.2, 0) is 10.0 Å². The summed E-state index contributed by atoms with van der Waals surface area (Å²) in [6, 6.07) is 6.40. The number of ether oxygens (including phenoxy) is 1. The molecule has 0 saturated heterocycles. The zero-order valence-corrected chi connectivity index (χ0v) is 9.78. The molecule has 1 aromatic carbocycles. The summed E-state index contributed by atoms with van der Waals surface area (Å²) in [5.74, 6) is 0.649. The van der Waals surface area contributed by atoms with Crippen molar-refractivity contribution in [2.45, 2.75) is 11.3 Å². The summed E-state index contributed by atoms with van der Waals surface area (Å²) in [6.45, 7) is 0.522. The molecule has 2 rings (SSSR count). The first kappa shape index (κ1) is 11.0. The van der Waals surface area contributed by atoms with Crippen LogP contribution in [0.5, 0.6) is 5.75 Å². The predicted octanol–water partition coefficient (Wildman–Crippen LogP) is 1.60. The molecule has 0 bridgehead atoms. The molecule has 0 aromatic heterocycles. The fourth-order valence-corrected chi connectivity index (χ4v) is 2.89. The molecule has 0 spiro atoms. The van der Waals surface area contributed by atoms with Gasteiger partial charge in [-0.15, -0.1) is 0 Å². The second kappa shape index (κ2) is 4.17. The Morgan fingerprint density at radius 2 is 1.94 bits per heavy atom. The average molecular weight is 239 g/mol. The number of rotatable bonds is 3. The summed E-state index contributed by atoms with van der Waals surface area (Å²) in [5.41, 5.74) is 0. The predicted molar refractivity (Wildman–Crippen MR) is 60.6 cm³/mol. The molecule has 1 aliphatic heterocycles. The zero-order valence-electron chi connectivity index (χ0n) is 8.96. The smallest absolute Gasteiger partial charge is 0.263 e. The van der Waals surface area contributed by atoms with Crippen molar-refractivity contribution in [2.24, 2.45) is 0 Å². The first-order valence-electron chi connectivity index (χ1n) is 4.97. The van der Waals surface area contributed by atoms with Crippen LogP contribution >= 0.6 is 0 Å². The summed E-state index contributed by atoms with van der Waals surface area (Å²) >= 11 is 0. The van der Waals surface area contributed by atoms with Gasteiger partial charge in [-0.3, -0.25) is 4.31 Å². The normalized spacial score (nSPS) is 15.4. The van der Waals surface area contributed by atoms with Gasteiger partial charge < -0.3 is 4.74 Å². The van der Waals surface area contributed by atoms with E-state index in [1.165, 1.54) is 4.31 Å². The Kier molecular flexibility index (Phi) is 2.87. The first-order chi connectivity index (χ1) is 7.64. The van der Waals surface area contributed by atoms with Gasteiger partial charge in [-0.05, 0) is 30.7 Å². The highest BCUT2D eigenvalue weighted by Gasteiger charge is 2.22. The first-order valence-corrected chi connectivity index (χ1v) is 6.41. The lowest BCUT2D eigenvalue weighted by molar-refractivity contribution is 0.414. The molecule has 1 aliphatic rings. The minimum Gasteiger partial charge on any atom is -0.497 e. The number of benzene rings is 1. The van der Waals surface area contributed by atoms with Crippen LogP contribution in [0.3, 0.4) is 0 Å². The highest BCUT2D eigenvalue weighted by atomic mass is 32.2. The summed E-state index contributed by atoms with van der Waals surface area (Å²) in [4.78, 5) is 0.292. The van der Waals surface area contributed by atoms with Crippen LogP contribution in [0, 0.1) is 0 Å². The topological polar surface area (TPSA) is 46.6 Å². The van der Waals surface area contributed by atoms with E-state index in [-0.39, 0.29) is 0 Å². The van der Waals surface area contributed by atoms with Crippen LogP contribution in [0.2, 0.25) is 0 Å². The largest absolute Gasteiger partial charge is 0.497 e. The molecule has 1 heterocycles. The molecule has 0 unspecified atom stereocenters. The summed E-state index contributed by atoms with van der Waals surface area (Å²) in [6.07, 6.45) is 4.23.